The van der Waals surface area contributed by atoms with E-state index in [2.05, 4.69) is 0 Å². The highest BCUT2D eigenvalue weighted by Gasteiger charge is 2.32. The van der Waals surface area contributed by atoms with Crippen molar-refractivity contribution in [3.05, 3.63) is 31.3 Å². The normalized spacial score (nSPS) is 11.9. The van der Waals surface area contributed by atoms with Crippen molar-refractivity contribution >= 4 is 27.5 Å². The van der Waals surface area contributed by atoms with Crippen LogP contribution in [0.25, 0.3) is 10.2 Å². The number of nitrogens with zero attached hydrogens (tertiary/aromatic N) is 2. The molecular weight excluding hydrogens is 377 g/mol. The summed E-state index contributed by atoms with van der Waals surface area (Å²) in [7, 11) is 1.37. The third kappa shape index (κ3) is 3.83. The van der Waals surface area contributed by atoms with Crippen molar-refractivity contribution in [1.29, 1.82) is 0 Å². The third-order valence-corrected chi connectivity index (χ3v) is 4.91. The van der Waals surface area contributed by atoms with E-state index in [9.17, 15) is 27.6 Å². The Morgan fingerprint density at radius 1 is 1.23 bits per heavy atom. The van der Waals surface area contributed by atoms with Crippen LogP contribution in [0.5, 0.6) is 0 Å². The molecule has 0 aromatic carbocycles. The molecule has 0 spiro atoms. The molecule has 0 unspecified atom stereocenters. The molecule has 0 radical (unpaired) electrons. The fraction of sp³-hybridized carbons (Fsp3) is 0.533. The van der Waals surface area contributed by atoms with Crippen molar-refractivity contribution in [3.63, 3.8) is 0 Å². The summed E-state index contributed by atoms with van der Waals surface area (Å²) in [6.45, 7) is 1.41. The van der Waals surface area contributed by atoms with Crippen LogP contribution in [0.1, 0.15) is 22.2 Å². The van der Waals surface area contributed by atoms with Crippen LogP contribution < -0.4 is 11.2 Å². The van der Waals surface area contributed by atoms with Crippen LogP contribution in [0.2, 0.25) is 0 Å². The van der Waals surface area contributed by atoms with Crippen molar-refractivity contribution in [2.75, 3.05) is 20.3 Å². The number of alkyl halides is 3. The van der Waals surface area contributed by atoms with Crippen LogP contribution in [-0.2, 0) is 22.6 Å². The molecule has 0 bridgehead atoms. The molecule has 0 aliphatic heterocycles. The van der Waals surface area contributed by atoms with Gasteiger partial charge in [0.1, 0.15) is 16.3 Å². The van der Waals surface area contributed by atoms with E-state index < -0.39 is 29.9 Å². The van der Waals surface area contributed by atoms with Crippen molar-refractivity contribution in [2.45, 2.75) is 33.1 Å². The highest BCUT2D eigenvalue weighted by molar-refractivity contribution is 7.20. The number of rotatable bonds is 6. The second-order valence-electron chi connectivity index (χ2n) is 5.39. The number of aryl methyl sites for hydroxylation is 1. The van der Waals surface area contributed by atoms with Crippen LogP contribution >= 0.6 is 11.3 Å². The molecule has 2 heterocycles. The Bertz CT molecular complexity index is 942. The zero-order valence-corrected chi connectivity index (χ0v) is 15.1. The van der Waals surface area contributed by atoms with Crippen molar-refractivity contribution in [1.82, 2.24) is 9.13 Å². The van der Waals surface area contributed by atoms with Gasteiger partial charge >= 0.3 is 17.8 Å². The number of carbonyl (C=O) groups excluding carboxylic acids is 1. The van der Waals surface area contributed by atoms with E-state index >= 15 is 0 Å². The summed E-state index contributed by atoms with van der Waals surface area (Å²) < 4.78 is 49.4. The minimum Gasteiger partial charge on any atom is -0.462 e. The number of fused-ring (bicyclic) bond motifs is 1. The maximum atomic E-state index is 12.8. The molecule has 0 aliphatic carbocycles. The van der Waals surface area contributed by atoms with Gasteiger partial charge in [-0.3, -0.25) is 13.9 Å². The van der Waals surface area contributed by atoms with Gasteiger partial charge in [0.15, 0.2) is 0 Å². The summed E-state index contributed by atoms with van der Waals surface area (Å²) in [5.41, 5.74) is -2.00. The molecule has 0 aliphatic rings. The Kier molecular flexibility index (Phi) is 5.91. The number of halogens is 3. The summed E-state index contributed by atoms with van der Waals surface area (Å²) in [5, 5.41) is -0.0991. The lowest BCUT2D eigenvalue weighted by Gasteiger charge is -2.13. The molecule has 0 N–H and O–H groups in total. The smallest absolute Gasteiger partial charge is 0.406 e. The first-order valence-electron chi connectivity index (χ1n) is 7.61. The Morgan fingerprint density at radius 3 is 2.42 bits per heavy atom. The average Bonchev–Trinajstić information content (AvgIpc) is 2.88. The SMILES string of the molecule is CCOC(=O)c1sc2c(c1C)c(=O)n(CC(F)(F)F)c(=O)n2CCOC. The Labute approximate surface area is 149 Å². The van der Waals surface area contributed by atoms with Gasteiger partial charge in [0.05, 0.1) is 25.1 Å². The van der Waals surface area contributed by atoms with E-state index in [-0.39, 0.29) is 45.0 Å². The Hall–Kier alpha value is -2.14. The van der Waals surface area contributed by atoms with Crippen molar-refractivity contribution < 1.29 is 27.4 Å². The van der Waals surface area contributed by atoms with E-state index in [0.717, 1.165) is 15.9 Å². The summed E-state index contributed by atoms with van der Waals surface area (Å²) in [6, 6.07) is 0. The van der Waals surface area contributed by atoms with Gasteiger partial charge in [0, 0.05) is 7.11 Å². The number of thiophene rings is 1. The number of ether oxygens (including phenoxy) is 2. The number of esters is 1. The van der Waals surface area contributed by atoms with Crippen molar-refractivity contribution in [2.24, 2.45) is 0 Å². The average molecular weight is 394 g/mol. The first kappa shape index (κ1) is 20.2. The van der Waals surface area contributed by atoms with E-state index in [1.54, 1.807) is 6.92 Å². The van der Waals surface area contributed by atoms with Crippen LogP contribution in [0.3, 0.4) is 0 Å². The van der Waals surface area contributed by atoms with E-state index in [0.29, 0.717) is 0 Å². The number of methoxy groups -OCH3 is 1. The number of hydrogen-bond donors (Lipinski definition) is 0. The summed E-state index contributed by atoms with van der Waals surface area (Å²) in [5.74, 6) is -0.696. The lowest BCUT2D eigenvalue weighted by atomic mass is 10.2. The predicted molar refractivity (Wildman–Crippen MR) is 89.0 cm³/mol. The van der Waals surface area contributed by atoms with Gasteiger partial charge in [0.2, 0.25) is 0 Å². The van der Waals surface area contributed by atoms with Gasteiger partial charge in [0.25, 0.3) is 5.56 Å². The zero-order chi connectivity index (χ0) is 19.6. The van der Waals surface area contributed by atoms with Crippen LogP contribution in [0, 0.1) is 6.92 Å². The quantitative estimate of drug-likeness (QED) is 0.700. The molecular formula is C15H17F3N2O5S. The molecule has 2 aromatic heterocycles. The van der Waals surface area contributed by atoms with Crippen LogP contribution in [0.15, 0.2) is 9.59 Å². The van der Waals surface area contributed by atoms with Gasteiger partial charge in [-0.1, -0.05) is 0 Å². The summed E-state index contributed by atoms with van der Waals surface area (Å²) in [6.07, 6.45) is -4.75. The Balaban J connectivity index is 2.83. The summed E-state index contributed by atoms with van der Waals surface area (Å²) >= 11 is 0.842. The molecule has 26 heavy (non-hydrogen) atoms. The second kappa shape index (κ2) is 7.62. The van der Waals surface area contributed by atoms with Gasteiger partial charge in [-0.25, -0.2) is 9.59 Å². The Morgan fingerprint density at radius 2 is 1.88 bits per heavy atom. The summed E-state index contributed by atoms with van der Waals surface area (Å²) in [4.78, 5) is 37.3. The highest BCUT2D eigenvalue weighted by atomic mass is 32.1. The van der Waals surface area contributed by atoms with E-state index in [1.165, 1.54) is 14.0 Å². The second-order valence-corrected chi connectivity index (χ2v) is 6.39. The molecule has 2 rings (SSSR count). The van der Waals surface area contributed by atoms with Gasteiger partial charge in [-0.2, -0.15) is 13.2 Å². The van der Waals surface area contributed by atoms with Crippen LogP contribution in [-0.4, -0.2) is 41.6 Å². The molecule has 0 atom stereocenters. The fourth-order valence-corrected chi connectivity index (χ4v) is 3.70. The minimum atomic E-state index is -4.75. The van der Waals surface area contributed by atoms with Crippen LogP contribution in [0.4, 0.5) is 13.2 Å². The first-order valence-corrected chi connectivity index (χ1v) is 8.43. The molecule has 0 saturated carbocycles. The lowest BCUT2D eigenvalue weighted by Crippen LogP contribution is -2.43. The predicted octanol–water partition coefficient (Wildman–Crippen LogP) is 1.92. The maximum Gasteiger partial charge on any atom is 0.406 e. The monoisotopic (exact) mass is 394 g/mol. The van der Waals surface area contributed by atoms with Crippen molar-refractivity contribution in [3.8, 4) is 0 Å². The maximum absolute atomic E-state index is 12.8. The highest BCUT2D eigenvalue weighted by Crippen LogP contribution is 2.29. The largest absolute Gasteiger partial charge is 0.462 e. The molecule has 0 saturated heterocycles. The minimum absolute atomic E-state index is 0.0465. The topological polar surface area (TPSA) is 79.5 Å². The number of aromatic nitrogens is 2. The standard InChI is InChI=1S/C15H17F3N2O5S/c1-4-25-13(22)10-8(2)9-11(21)20(7-15(16,17)18)14(23)19(5-6-24-3)12(9)26-10/h4-7H2,1-3H3. The molecule has 11 heteroatoms. The van der Waals surface area contributed by atoms with Gasteiger partial charge in [-0.05, 0) is 19.4 Å². The third-order valence-electron chi connectivity index (χ3n) is 3.61. The molecule has 7 nitrogen and oxygen atoms in total. The molecule has 144 valence electrons. The van der Waals surface area contributed by atoms with Gasteiger partial charge in [-0.15, -0.1) is 11.3 Å². The molecule has 0 amide bonds. The number of hydrogen-bond acceptors (Lipinski definition) is 6. The molecule has 0 fully saturated rings. The van der Waals surface area contributed by atoms with E-state index in [1.807, 2.05) is 0 Å². The fourth-order valence-electron chi connectivity index (χ4n) is 2.48. The van der Waals surface area contributed by atoms with Gasteiger partial charge < -0.3 is 9.47 Å². The van der Waals surface area contributed by atoms with E-state index in [4.69, 9.17) is 9.47 Å². The lowest BCUT2D eigenvalue weighted by molar-refractivity contribution is -0.141. The number of carbonyl (C=O) groups is 1. The zero-order valence-electron chi connectivity index (χ0n) is 14.3. The molecule has 2 aromatic rings. The first-order chi connectivity index (χ1) is 12.1.